The summed E-state index contributed by atoms with van der Waals surface area (Å²) in [6.07, 6.45) is -1.56. The number of urea groups is 1. The molecule has 4 rings (SSSR count). The van der Waals surface area contributed by atoms with Gasteiger partial charge in [0.1, 0.15) is 5.41 Å². The maximum Gasteiger partial charge on any atom is 0.401 e. The Kier molecular flexibility index (Phi) is 4.88. The zero-order chi connectivity index (χ0) is 22.6. The largest absolute Gasteiger partial charge is 0.401 e. The topological polar surface area (TPSA) is 95.7 Å². The second kappa shape index (κ2) is 7.19. The van der Waals surface area contributed by atoms with Gasteiger partial charge in [-0.05, 0) is 32.4 Å². The van der Waals surface area contributed by atoms with E-state index in [4.69, 9.17) is 5.11 Å². The first-order chi connectivity index (χ1) is 14.5. The molecule has 3 aromatic rings. The minimum absolute atomic E-state index is 0.0505. The molecule has 11 heteroatoms. The lowest BCUT2D eigenvalue weighted by Gasteiger charge is -2.28. The number of carbonyl (C=O) groups is 1. The highest BCUT2D eigenvalue weighted by Gasteiger charge is 2.60. The Hall–Kier alpha value is -3.21. The van der Waals surface area contributed by atoms with Gasteiger partial charge in [0.25, 0.3) is 0 Å². The van der Waals surface area contributed by atoms with Gasteiger partial charge in [-0.2, -0.15) is 18.3 Å². The van der Waals surface area contributed by atoms with Gasteiger partial charge in [-0.15, -0.1) is 0 Å². The van der Waals surface area contributed by atoms with Gasteiger partial charge in [-0.1, -0.05) is 0 Å². The fourth-order valence-corrected chi connectivity index (χ4v) is 3.86. The molecular formula is C20H21F3N6O2. The van der Waals surface area contributed by atoms with Crippen LogP contribution >= 0.6 is 0 Å². The van der Waals surface area contributed by atoms with Crippen LogP contribution in [-0.4, -0.2) is 50.0 Å². The highest BCUT2D eigenvalue weighted by atomic mass is 19.4. The molecule has 0 radical (unpaired) electrons. The lowest BCUT2D eigenvalue weighted by Crippen LogP contribution is -2.46. The average Bonchev–Trinajstić information content (AvgIpc) is 3.21. The molecule has 164 valence electrons. The summed E-state index contributed by atoms with van der Waals surface area (Å²) < 4.78 is 43.6. The van der Waals surface area contributed by atoms with Crippen molar-refractivity contribution in [2.45, 2.75) is 38.8 Å². The predicted octanol–water partition coefficient (Wildman–Crippen LogP) is 3.15. The average molecular weight is 434 g/mol. The summed E-state index contributed by atoms with van der Waals surface area (Å²) in [5, 5.41) is 15.9. The predicted molar refractivity (Wildman–Crippen MR) is 107 cm³/mol. The summed E-state index contributed by atoms with van der Waals surface area (Å²) in [6.45, 7) is 3.84. The summed E-state index contributed by atoms with van der Waals surface area (Å²) in [7, 11) is 0. The van der Waals surface area contributed by atoms with Crippen LogP contribution in [0.15, 0.2) is 24.5 Å². The molecule has 1 atom stereocenters. The second-order valence-electron chi connectivity index (χ2n) is 7.86. The Labute approximate surface area is 175 Å². The number of pyridine rings is 1. The van der Waals surface area contributed by atoms with Gasteiger partial charge in [0.05, 0.1) is 35.2 Å². The van der Waals surface area contributed by atoms with Crippen molar-refractivity contribution in [1.29, 1.82) is 0 Å². The number of halogens is 3. The van der Waals surface area contributed by atoms with Crippen molar-refractivity contribution in [2.75, 3.05) is 23.4 Å². The Morgan fingerprint density at radius 2 is 2.00 bits per heavy atom. The number of nitrogens with one attached hydrogen (secondary N) is 1. The second-order valence-corrected chi connectivity index (χ2v) is 7.86. The Balaban J connectivity index is 1.73. The van der Waals surface area contributed by atoms with Gasteiger partial charge < -0.3 is 10.4 Å². The maximum absolute atomic E-state index is 14.1. The van der Waals surface area contributed by atoms with Crippen LogP contribution in [0, 0.1) is 13.8 Å². The number of amides is 2. The Morgan fingerprint density at radius 1 is 1.26 bits per heavy atom. The molecule has 1 aliphatic heterocycles. The summed E-state index contributed by atoms with van der Waals surface area (Å²) in [5.41, 5.74) is 0.191. The third kappa shape index (κ3) is 3.38. The molecule has 0 aromatic carbocycles. The van der Waals surface area contributed by atoms with Crippen LogP contribution < -0.4 is 10.2 Å². The number of anilines is 2. The fourth-order valence-electron chi connectivity index (χ4n) is 3.86. The van der Waals surface area contributed by atoms with Crippen LogP contribution in [0.3, 0.4) is 0 Å². The number of hydrogen-bond donors (Lipinski definition) is 2. The highest BCUT2D eigenvalue weighted by molar-refractivity contribution is 6.03. The zero-order valence-electron chi connectivity index (χ0n) is 17.2. The molecule has 0 unspecified atom stereocenters. The summed E-state index contributed by atoms with van der Waals surface area (Å²) >= 11 is 0. The number of aryl methyl sites for hydroxylation is 2. The number of alkyl halides is 3. The molecule has 0 saturated heterocycles. The lowest BCUT2D eigenvalue weighted by molar-refractivity contribution is -0.181. The number of aliphatic hydroxyl groups excluding tert-OH is 1. The van der Waals surface area contributed by atoms with Crippen LogP contribution in [0.1, 0.15) is 29.6 Å². The number of hydrogen-bond acceptors (Lipinski definition) is 5. The fraction of sp³-hybridized carbons (Fsp3) is 0.400. The van der Waals surface area contributed by atoms with Crippen molar-refractivity contribution in [3.63, 3.8) is 0 Å². The first-order valence-corrected chi connectivity index (χ1v) is 9.62. The number of nitrogens with zero attached hydrogens (tertiary/aromatic N) is 5. The molecule has 2 N–H and O–H groups in total. The molecule has 0 fully saturated rings. The van der Waals surface area contributed by atoms with E-state index in [0.29, 0.717) is 23.5 Å². The van der Waals surface area contributed by atoms with Crippen LogP contribution in [0.5, 0.6) is 0 Å². The van der Waals surface area contributed by atoms with Crippen molar-refractivity contribution in [3.8, 4) is 0 Å². The lowest BCUT2D eigenvalue weighted by atomic mass is 9.88. The van der Waals surface area contributed by atoms with E-state index in [0.717, 1.165) is 17.4 Å². The van der Waals surface area contributed by atoms with E-state index in [1.807, 2.05) is 0 Å². The number of rotatable bonds is 3. The van der Waals surface area contributed by atoms with Gasteiger partial charge in [0.15, 0.2) is 5.65 Å². The molecule has 2 amide bonds. The SMILES string of the molecule is Cc1cc2ncc3c(n2n1)[C@](C)(C(F)(F)F)CN3C(=O)Nc1cnc(CCO)c(C)c1. The summed E-state index contributed by atoms with van der Waals surface area (Å²) in [6, 6.07) is 2.52. The van der Waals surface area contributed by atoms with Gasteiger partial charge >= 0.3 is 12.2 Å². The van der Waals surface area contributed by atoms with Gasteiger partial charge in [0.2, 0.25) is 0 Å². The number of aromatic nitrogens is 4. The van der Waals surface area contributed by atoms with Crippen LogP contribution in [0.4, 0.5) is 29.3 Å². The van der Waals surface area contributed by atoms with E-state index >= 15 is 0 Å². The molecule has 0 saturated carbocycles. The maximum atomic E-state index is 14.1. The van der Waals surface area contributed by atoms with Gasteiger partial charge in [-0.3, -0.25) is 9.88 Å². The third-order valence-electron chi connectivity index (χ3n) is 5.53. The molecule has 31 heavy (non-hydrogen) atoms. The highest BCUT2D eigenvalue weighted by Crippen LogP contribution is 2.49. The zero-order valence-corrected chi connectivity index (χ0v) is 17.2. The van der Waals surface area contributed by atoms with E-state index in [1.165, 1.54) is 16.9 Å². The van der Waals surface area contributed by atoms with E-state index in [9.17, 15) is 18.0 Å². The molecule has 8 nitrogen and oxygen atoms in total. The van der Waals surface area contributed by atoms with E-state index < -0.39 is 24.2 Å². The number of fused-ring (bicyclic) bond motifs is 3. The van der Waals surface area contributed by atoms with E-state index in [-0.39, 0.29) is 23.6 Å². The van der Waals surface area contributed by atoms with E-state index in [2.05, 4.69) is 20.4 Å². The summed E-state index contributed by atoms with van der Waals surface area (Å²) in [4.78, 5) is 22.4. The molecule has 3 aromatic heterocycles. The molecule has 1 aliphatic rings. The number of carbonyl (C=O) groups excluding carboxylic acids is 1. The van der Waals surface area contributed by atoms with Crippen molar-refractivity contribution >= 4 is 23.1 Å². The first kappa shape index (κ1) is 21.0. The molecule has 0 spiro atoms. The molecule has 0 bridgehead atoms. The smallest absolute Gasteiger partial charge is 0.396 e. The quantitative estimate of drug-likeness (QED) is 0.660. The monoisotopic (exact) mass is 434 g/mol. The first-order valence-electron chi connectivity index (χ1n) is 9.62. The van der Waals surface area contributed by atoms with Crippen molar-refractivity contribution < 1.29 is 23.1 Å². The van der Waals surface area contributed by atoms with Crippen LogP contribution in [0.25, 0.3) is 5.65 Å². The minimum Gasteiger partial charge on any atom is -0.396 e. The normalized spacial score (nSPS) is 18.5. The summed E-state index contributed by atoms with van der Waals surface area (Å²) in [5.74, 6) is 0. The Morgan fingerprint density at radius 3 is 2.65 bits per heavy atom. The number of aliphatic hydroxyl groups is 1. The van der Waals surface area contributed by atoms with Crippen LogP contribution in [0.2, 0.25) is 0 Å². The third-order valence-corrected chi connectivity index (χ3v) is 5.53. The van der Waals surface area contributed by atoms with Gasteiger partial charge in [-0.25, -0.2) is 14.3 Å². The van der Waals surface area contributed by atoms with E-state index in [1.54, 1.807) is 26.0 Å². The minimum atomic E-state index is -4.62. The van der Waals surface area contributed by atoms with Crippen LogP contribution in [-0.2, 0) is 11.8 Å². The molecule has 4 heterocycles. The molecular weight excluding hydrogens is 413 g/mol. The van der Waals surface area contributed by atoms with Crippen molar-refractivity contribution in [2.24, 2.45) is 0 Å². The Bertz CT molecular complexity index is 1180. The van der Waals surface area contributed by atoms with Crippen molar-refractivity contribution in [1.82, 2.24) is 19.6 Å². The van der Waals surface area contributed by atoms with Gasteiger partial charge in [0, 0.05) is 31.3 Å². The van der Waals surface area contributed by atoms with Crippen molar-refractivity contribution in [3.05, 3.63) is 47.2 Å². The standard InChI is InChI=1S/C20H21F3N6O2/c1-11-6-13(8-24-14(11)4-5-30)26-18(31)28-10-19(3,20(21,22)23)17-15(28)9-25-16-7-12(2)27-29(16)17/h6-9,30H,4-5,10H2,1-3H3,(H,26,31)/t19-/m1/s1. The molecule has 0 aliphatic carbocycles.